The van der Waals surface area contributed by atoms with Gasteiger partial charge in [-0.1, -0.05) is 28.8 Å². The second kappa shape index (κ2) is 11.0. The zero-order valence-corrected chi connectivity index (χ0v) is 23.9. The molecule has 2 heterocycles. The van der Waals surface area contributed by atoms with E-state index in [1.165, 1.54) is 24.3 Å². The van der Waals surface area contributed by atoms with E-state index in [2.05, 4.69) is 30.7 Å². The Hall–Kier alpha value is -4.57. The number of amides is 2. The van der Waals surface area contributed by atoms with Gasteiger partial charge in [-0.15, -0.1) is 0 Å². The minimum Gasteiger partial charge on any atom is -0.322 e. The number of nitrogens with zero attached hydrogens (tertiary/aromatic N) is 6. The lowest BCUT2D eigenvalue weighted by molar-refractivity contribution is -0.536. The van der Waals surface area contributed by atoms with Crippen LogP contribution in [0.15, 0.2) is 74.8 Å². The predicted molar refractivity (Wildman–Crippen MR) is 154 cm³/mol. The third-order valence-electron chi connectivity index (χ3n) is 6.14. The zero-order valence-electron chi connectivity index (χ0n) is 21.6. The Morgan fingerprint density at radius 1 is 1.14 bits per heavy atom. The fourth-order valence-electron chi connectivity index (χ4n) is 4.15. The van der Waals surface area contributed by atoms with E-state index in [0.29, 0.717) is 20.8 Å². The summed E-state index contributed by atoms with van der Waals surface area (Å²) < 4.78 is 34.1. The molecule has 214 valence electrons. The van der Waals surface area contributed by atoms with Gasteiger partial charge in [0.05, 0.1) is 21.3 Å². The number of nitrogens with one attached hydrogen (secondary N) is 2. The van der Waals surface area contributed by atoms with Crippen molar-refractivity contribution in [3.05, 3.63) is 80.9 Å². The van der Waals surface area contributed by atoms with Crippen LogP contribution in [-0.4, -0.2) is 46.6 Å². The predicted octanol–water partition coefficient (Wildman–Crippen LogP) is 4.47. The van der Waals surface area contributed by atoms with E-state index in [9.17, 15) is 27.5 Å². The first-order valence-corrected chi connectivity index (χ1v) is 14.1. The highest BCUT2D eigenvalue weighted by molar-refractivity contribution is 7.86. The molecule has 1 atom stereocenters. The molecule has 0 fully saturated rings. The Morgan fingerprint density at radius 2 is 1.90 bits per heavy atom. The van der Waals surface area contributed by atoms with Gasteiger partial charge in [0.15, 0.2) is 10.6 Å². The van der Waals surface area contributed by atoms with Gasteiger partial charge in [-0.3, -0.25) is 14.1 Å². The Kier molecular flexibility index (Phi) is 7.59. The van der Waals surface area contributed by atoms with Crippen LogP contribution in [0.3, 0.4) is 0 Å². The number of aromatic amines is 1. The summed E-state index contributed by atoms with van der Waals surface area (Å²) in [6, 6.07) is 11.4. The van der Waals surface area contributed by atoms with Gasteiger partial charge < -0.3 is 5.32 Å². The molecule has 1 unspecified atom stereocenters. The maximum Gasteiger partial charge on any atom is 0.318 e. The smallest absolute Gasteiger partial charge is 0.318 e. The molecule has 17 heteroatoms. The maximum absolute atomic E-state index is 13.2. The topological polar surface area (TPSA) is 193 Å². The third kappa shape index (κ3) is 5.62. The van der Waals surface area contributed by atoms with Gasteiger partial charge in [-0.05, 0) is 67.4 Å². The second-order valence-corrected chi connectivity index (χ2v) is 11.2. The van der Waals surface area contributed by atoms with Gasteiger partial charge >= 0.3 is 5.52 Å². The standard InChI is InChI=1S/C25H18Cl2N8O6S/c1-12-4-3-5-16(26)22(12)34-24(37)21(13(2)32-34)31-30-18-11-15(7-9-20(18)42(39,40)41)28-23(36)14-6-8-17-19(10-14)35(38)33-25(27)29-17/h3-11,21H,1-2H3,(H2-,28,29,33,36,38,39,40,41)/p+1. The highest BCUT2D eigenvalue weighted by atomic mass is 35.5. The number of hydrogen-bond acceptors (Lipinski definition) is 9. The van der Waals surface area contributed by atoms with Gasteiger partial charge in [0.2, 0.25) is 0 Å². The molecule has 1 aliphatic heterocycles. The van der Waals surface area contributed by atoms with Crippen LogP contribution in [0.2, 0.25) is 10.3 Å². The van der Waals surface area contributed by atoms with Crippen LogP contribution >= 0.6 is 23.2 Å². The molecule has 0 saturated carbocycles. The van der Waals surface area contributed by atoms with E-state index in [4.69, 9.17) is 23.2 Å². The number of carbonyl (C=O) groups excluding carboxylic acids is 2. The van der Waals surface area contributed by atoms with Gasteiger partial charge in [0.1, 0.15) is 16.1 Å². The Bertz CT molecular complexity index is 2010. The van der Waals surface area contributed by atoms with Crippen molar-refractivity contribution >= 4 is 78.9 Å². The maximum atomic E-state index is 13.2. The van der Waals surface area contributed by atoms with Gasteiger partial charge in [0.25, 0.3) is 27.2 Å². The number of carbonyl (C=O) groups is 2. The number of hydrazone groups is 1. The summed E-state index contributed by atoms with van der Waals surface area (Å²) in [5.41, 5.74) is 1.41. The molecule has 14 nitrogen and oxygen atoms in total. The quantitative estimate of drug-likeness (QED) is 0.159. The lowest BCUT2D eigenvalue weighted by Gasteiger charge is -2.16. The minimum atomic E-state index is -4.77. The van der Waals surface area contributed by atoms with Crippen molar-refractivity contribution in [3.8, 4) is 0 Å². The van der Waals surface area contributed by atoms with Crippen LogP contribution in [0.25, 0.3) is 11.0 Å². The minimum absolute atomic E-state index is 0.0440. The molecule has 0 saturated heterocycles. The number of aromatic nitrogens is 3. The van der Waals surface area contributed by atoms with Crippen molar-refractivity contribution in [2.75, 3.05) is 10.3 Å². The van der Waals surface area contributed by atoms with Crippen molar-refractivity contribution in [1.82, 2.24) is 10.1 Å². The van der Waals surface area contributed by atoms with Crippen molar-refractivity contribution in [2.45, 2.75) is 24.8 Å². The summed E-state index contributed by atoms with van der Waals surface area (Å²) in [7, 11) is -4.77. The van der Waals surface area contributed by atoms with Gasteiger partial charge in [0, 0.05) is 17.3 Å². The van der Waals surface area contributed by atoms with Crippen LogP contribution in [0.1, 0.15) is 22.8 Å². The lowest BCUT2D eigenvalue weighted by atomic mass is 10.1. The molecule has 0 radical (unpaired) electrons. The summed E-state index contributed by atoms with van der Waals surface area (Å²) in [5.74, 6) is -1.24. The number of hydrogen-bond donors (Lipinski definition) is 3. The van der Waals surface area contributed by atoms with Crippen molar-refractivity contribution < 1.29 is 27.1 Å². The number of rotatable bonds is 6. The molecular weight excluding hydrogens is 611 g/mol. The lowest BCUT2D eigenvalue weighted by Crippen LogP contribution is -2.30. The summed E-state index contributed by atoms with van der Waals surface area (Å²) in [5, 5.41) is 18.3. The molecule has 0 bridgehead atoms. The largest absolute Gasteiger partial charge is 0.322 e. The number of H-pyrrole nitrogens is 1. The molecule has 0 aliphatic carbocycles. The average molecular weight is 630 g/mol. The summed E-state index contributed by atoms with van der Waals surface area (Å²) in [6.07, 6.45) is 0. The van der Waals surface area contributed by atoms with E-state index in [1.54, 1.807) is 32.0 Å². The van der Waals surface area contributed by atoms with E-state index in [0.717, 1.165) is 17.1 Å². The fraction of sp³-hybridized carbons (Fsp3) is 0.120. The number of benzene rings is 3. The molecule has 42 heavy (non-hydrogen) atoms. The molecule has 2 amide bonds. The Morgan fingerprint density at radius 3 is 2.62 bits per heavy atom. The number of aryl methyl sites for hydroxylation is 1. The summed E-state index contributed by atoms with van der Waals surface area (Å²) in [6.45, 7) is 3.30. The first-order chi connectivity index (χ1) is 19.8. The van der Waals surface area contributed by atoms with E-state index in [1.807, 2.05) is 0 Å². The monoisotopic (exact) mass is 629 g/mol. The van der Waals surface area contributed by atoms with Crippen LogP contribution in [0.5, 0.6) is 0 Å². The average Bonchev–Trinajstić information content (AvgIpc) is 3.18. The highest BCUT2D eigenvalue weighted by Gasteiger charge is 2.36. The van der Waals surface area contributed by atoms with Crippen molar-refractivity contribution in [3.63, 3.8) is 0 Å². The second-order valence-electron chi connectivity index (χ2n) is 9.04. The van der Waals surface area contributed by atoms with E-state index < -0.39 is 32.9 Å². The number of halogens is 2. The molecule has 5 rings (SSSR count). The van der Waals surface area contributed by atoms with E-state index in [-0.39, 0.29) is 39.0 Å². The molecule has 4 aromatic rings. The van der Waals surface area contributed by atoms with Crippen LogP contribution in [-0.2, 0) is 14.9 Å². The number of azo groups is 1. The van der Waals surface area contributed by atoms with Gasteiger partial charge in [-0.25, -0.2) is 4.98 Å². The number of anilines is 2. The fourth-order valence-corrected chi connectivity index (χ4v) is 5.23. The molecule has 3 N–H and O–H groups in total. The number of para-hydroxylation sites is 1. The van der Waals surface area contributed by atoms with E-state index >= 15 is 0 Å². The normalized spacial score (nSPS) is 15.5. The first kappa shape index (κ1) is 28.9. The zero-order chi connectivity index (χ0) is 30.3. The third-order valence-corrected chi connectivity index (χ3v) is 7.52. The first-order valence-electron chi connectivity index (χ1n) is 11.9. The van der Waals surface area contributed by atoms with Crippen molar-refractivity contribution in [1.29, 1.82) is 0 Å². The van der Waals surface area contributed by atoms with Crippen LogP contribution in [0.4, 0.5) is 17.1 Å². The van der Waals surface area contributed by atoms with Crippen molar-refractivity contribution in [2.24, 2.45) is 15.3 Å². The highest BCUT2D eigenvalue weighted by Crippen LogP contribution is 2.34. The van der Waals surface area contributed by atoms with Gasteiger partial charge in [-0.2, -0.15) is 28.8 Å². The SMILES string of the molecule is CC1=NN(c2c(C)cccc2Cl)C(=O)C1N=Nc1cc(NC(=O)c2ccc3nc(Cl)[nH][n+](=O)c3c2)ccc1S(=O)(=O)O. The molecule has 3 aromatic carbocycles. The Labute approximate surface area is 247 Å². The van der Waals surface area contributed by atoms with Crippen LogP contribution in [0, 0.1) is 11.8 Å². The summed E-state index contributed by atoms with van der Waals surface area (Å²) >= 11 is 12.0. The molecular formula is C25H19Cl2N8O6S+. The molecule has 0 spiro atoms. The Balaban J connectivity index is 1.44. The van der Waals surface area contributed by atoms with Crippen LogP contribution < -0.4 is 14.9 Å². The molecule has 1 aromatic heterocycles. The number of fused-ring (bicyclic) bond motifs is 1. The summed E-state index contributed by atoms with van der Waals surface area (Å²) in [4.78, 5) is 41.6. The molecule has 1 aliphatic rings.